The number of hydrogen-bond acceptors (Lipinski definition) is 4. The molecule has 0 saturated carbocycles. The van der Waals surface area contributed by atoms with E-state index in [-0.39, 0.29) is 0 Å². The van der Waals surface area contributed by atoms with Crippen LogP contribution in [0, 0.1) is 11.7 Å². The summed E-state index contributed by atoms with van der Waals surface area (Å²) in [7, 11) is 1.89. The van der Waals surface area contributed by atoms with Crippen molar-refractivity contribution < 1.29 is 0 Å². The van der Waals surface area contributed by atoms with Gasteiger partial charge in [0, 0.05) is 13.2 Å². The van der Waals surface area contributed by atoms with E-state index in [0.717, 1.165) is 22.1 Å². The van der Waals surface area contributed by atoms with Gasteiger partial charge in [0.05, 0.1) is 16.3 Å². The van der Waals surface area contributed by atoms with E-state index in [1.165, 1.54) is 0 Å². The van der Waals surface area contributed by atoms with E-state index < -0.39 is 0 Å². The largest absolute Gasteiger partial charge is 0.273 e. The minimum absolute atomic E-state index is 0.578. The van der Waals surface area contributed by atoms with Crippen LogP contribution in [0.3, 0.4) is 0 Å². The van der Waals surface area contributed by atoms with Crippen molar-refractivity contribution in [1.82, 2.24) is 24.5 Å². The number of aromatic amines is 1. The Morgan fingerprint density at radius 3 is 2.89 bits per heavy atom. The number of hydrogen-bond donors (Lipinski definition) is 1. The fraction of sp³-hybridized carbons (Fsp3) is 0.182. The first-order valence-electron chi connectivity index (χ1n) is 5.39. The molecule has 0 unspecified atom stereocenters. The molecule has 3 rings (SSSR count). The summed E-state index contributed by atoms with van der Waals surface area (Å²) < 4.78 is 4.27. The molecule has 3 aromatic heterocycles. The number of nitrogens with one attached hydrogen (secondary N) is 1. The molecule has 0 aliphatic carbocycles. The van der Waals surface area contributed by atoms with Crippen LogP contribution in [-0.4, -0.2) is 24.5 Å². The molecule has 18 heavy (non-hydrogen) atoms. The molecular weight excluding hydrogens is 266 g/mol. The average molecular weight is 277 g/mol. The van der Waals surface area contributed by atoms with Crippen LogP contribution in [-0.2, 0) is 7.05 Å². The predicted octanol–water partition coefficient (Wildman–Crippen LogP) is 2.70. The monoisotopic (exact) mass is 277 g/mol. The summed E-state index contributed by atoms with van der Waals surface area (Å²) in [5.74, 6) is 0.825. The maximum atomic E-state index is 5.31. The highest BCUT2D eigenvalue weighted by Crippen LogP contribution is 2.26. The molecular formula is C11H11N5S2. The zero-order valence-electron chi connectivity index (χ0n) is 9.91. The zero-order valence-corrected chi connectivity index (χ0v) is 11.5. The lowest BCUT2D eigenvalue weighted by Crippen LogP contribution is -1.97. The summed E-state index contributed by atoms with van der Waals surface area (Å²) in [6, 6.07) is 4.02. The standard InChI is InChI=1S/C11H11N5S2/c1-7-8(6-15(2)14-7)16-10(12-13-11(16)17)9-4-3-5-18-9/h3-6H,1-2H3,(H,13,17). The van der Waals surface area contributed by atoms with Gasteiger partial charge < -0.3 is 0 Å². The van der Waals surface area contributed by atoms with Gasteiger partial charge in [0.15, 0.2) is 10.6 Å². The minimum Gasteiger partial charge on any atom is -0.273 e. The zero-order chi connectivity index (χ0) is 12.7. The van der Waals surface area contributed by atoms with Crippen LogP contribution in [0.5, 0.6) is 0 Å². The number of aromatic nitrogens is 5. The van der Waals surface area contributed by atoms with E-state index in [1.54, 1.807) is 16.0 Å². The van der Waals surface area contributed by atoms with Crippen molar-refractivity contribution in [2.45, 2.75) is 6.92 Å². The van der Waals surface area contributed by atoms with Gasteiger partial charge in [-0.2, -0.15) is 10.2 Å². The molecule has 5 nitrogen and oxygen atoms in total. The topological polar surface area (TPSA) is 51.4 Å². The SMILES string of the molecule is Cc1nn(C)cc1-n1c(-c2cccs2)n[nH]c1=S. The Bertz CT molecular complexity index is 732. The molecule has 0 aromatic carbocycles. The molecule has 0 amide bonds. The van der Waals surface area contributed by atoms with E-state index in [9.17, 15) is 0 Å². The Morgan fingerprint density at radius 1 is 1.44 bits per heavy atom. The summed E-state index contributed by atoms with van der Waals surface area (Å²) in [5.41, 5.74) is 1.88. The van der Waals surface area contributed by atoms with Crippen molar-refractivity contribution in [3.05, 3.63) is 34.2 Å². The molecule has 7 heteroatoms. The third kappa shape index (κ3) is 1.72. The van der Waals surface area contributed by atoms with E-state index in [4.69, 9.17) is 12.2 Å². The second-order valence-electron chi connectivity index (χ2n) is 3.94. The van der Waals surface area contributed by atoms with Gasteiger partial charge in [-0.05, 0) is 30.6 Å². The first-order chi connectivity index (χ1) is 8.66. The highest BCUT2D eigenvalue weighted by molar-refractivity contribution is 7.71. The number of rotatable bonds is 2. The third-order valence-electron chi connectivity index (χ3n) is 2.64. The molecule has 0 bridgehead atoms. The number of thiophene rings is 1. The first-order valence-corrected chi connectivity index (χ1v) is 6.67. The molecule has 1 N–H and O–H groups in total. The Kier molecular flexibility index (Phi) is 2.64. The summed E-state index contributed by atoms with van der Waals surface area (Å²) in [6.07, 6.45) is 1.94. The van der Waals surface area contributed by atoms with Gasteiger partial charge in [-0.3, -0.25) is 14.3 Å². The fourth-order valence-electron chi connectivity index (χ4n) is 1.90. The molecule has 0 fully saturated rings. The lowest BCUT2D eigenvalue weighted by molar-refractivity contribution is 0.756. The molecule has 3 heterocycles. The lowest BCUT2D eigenvalue weighted by Gasteiger charge is -2.02. The summed E-state index contributed by atoms with van der Waals surface area (Å²) in [5, 5.41) is 13.5. The Morgan fingerprint density at radius 2 is 2.28 bits per heavy atom. The van der Waals surface area contributed by atoms with Gasteiger partial charge in [-0.1, -0.05) is 6.07 Å². The van der Waals surface area contributed by atoms with Gasteiger partial charge in [0.1, 0.15) is 0 Å². The number of nitrogens with zero attached hydrogens (tertiary/aromatic N) is 4. The van der Waals surface area contributed by atoms with Crippen molar-refractivity contribution in [2.24, 2.45) is 7.05 Å². The van der Waals surface area contributed by atoms with E-state index >= 15 is 0 Å². The molecule has 92 valence electrons. The smallest absolute Gasteiger partial charge is 0.200 e. The second-order valence-corrected chi connectivity index (χ2v) is 5.27. The van der Waals surface area contributed by atoms with Crippen molar-refractivity contribution in [2.75, 3.05) is 0 Å². The quantitative estimate of drug-likeness (QED) is 0.733. The van der Waals surface area contributed by atoms with Gasteiger partial charge in [0.25, 0.3) is 0 Å². The average Bonchev–Trinajstić information content (AvgIpc) is 2.99. The second kappa shape index (κ2) is 4.18. The Hall–Kier alpha value is -1.73. The van der Waals surface area contributed by atoms with Gasteiger partial charge in [0.2, 0.25) is 0 Å². The summed E-state index contributed by atoms with van der Waals surface area (Å²) in [4.78, 5) is 1.07. The molecule has 0 spiro atoms. The molecule has 0 atom stereocenters. The van der Waals surface area contributed by atoms with Crippen LogP contribution in [0.25, 0.3) is 16.4 Å². The van der Waals surface area contributed by atoms with Crippen LogP contribution >= 0.6 is 23.6 Å². The van der Waals surface area contributed by atoms with Gasteiger partial charge in [-0.15, -0.1) is 11.3 Å². The fourth-order valence-corrected chi connectivity index (χ4v) is 2.83. The van der Waals surface area contributed by atoms with Crippen LogP contribution in [0.2, 0.25) is 0 Å². The van der Waals surface area contributed by atoms with Crippen molar-refractivity contribution in [3.63, 3.8) is 0 Å². The number of H-pyrrole nitrogens is 1. The number of aryl methyl sites for hydroxylation is 2. The van der Waals surface area contributed by atoms with Gasteiger partial charge >= 0.3 is 0 Å². The van der Waals surface area contributed by atoms with Gasteiger partial charge in [-0.25, -0.2) is 0 Å². The maximum Gasteiger partial charge on any atom is 0.200 e. The normalized spacial score (nSPS) is 11.0. The lowest BCUT2D eigenvalue weighted by atomic mass is 10.3. The van der Waals surface area contributed by atoms with Crippen LogP contribution in [0.1, 0.15) is 5.69 Å². The van der Waals surface area contributed by atoms with Crippen LogP contribution in [0.4, 0.5) is 0 Å². The molecule has 0 radical (unpaired) electrons. The minimum atomic E-state index is 0.578. The van der Waals surface area contributed by atoms with E-state index in [1.807, 2.05) is 42.2 Å². The van der Waals surface area contributed by atoms with Crippen LogP contribution < -0.4 is 0 Å². The molecule has 0 aliphatic rings. The van der Waals surface area contributed by atoms with E-state index in [2.05, 4.69) is 15.3 Å². The van der Waals surface area contributed by atoms with Crippen molar-refractivity contribution in [1.29, 1.82) is 0 Å². The van der Waals surface area contributed by atoms with Crippen LogP contribution in [0.15, 0.2) is 23.7 Å². The summed E-state index contributed by atoms with van der Waals surface area (Å²) in [6.45, 7) is 1.96. The first kappa shape index (κ1) is 11.4. The Labute approximate surface area is 113 Å². The summed E-state index contributed by atoms with van der Waals surface area (Å²) >= 11 is 6.94. The highest BCUT2D eigenvalue weighted by atomic mass is 32.1. The maximum absolute atomic E-state index is 5.31. The van der Waals surface area contributed by atoms with Crippen molar-refractivity contribution in [3.8, 4) is 16.4 Å². The van der Waals surface area contributed by atoms with E-state index in [0.29, 0.717) is 4.77 Å². The predicted molar refractivity (Wildman–Crippen MR) is 73.6 cm³/mol. The van der Waals surface area contributed by atoms with Crippen molar-refractivity contribution >= 4 is 23.6 Å². The molecule has 0 aliphatic heterocycles. The highest BCUT2D eigenvalue weighted by Gasteiger charge is 2.14. The molecule has 0 saturated heterocycles. The molecule has 3 aromatic rings. The third-order valence-corrected chi connectivity index (χ3v) is 3.78. The Balaban J connectivity index is 2.27.